The predicted octanol–water partition coefficient (Wildman–Crippen LogP) is 5.52. The molecule has 0 heterocycles. The molecule has 112 valence electrons. The minimum Gasteiger partial charge on any atom is -0.464 e. The second kappa shape index (κ2) is 6.85. The van der Waals surface area contributed by atoms with Gasteiger partial charge in [-0.05, 0) is 23.9 Å². The number of hydrogen-bond acceptors (Lipinski definition) is 1. The molecular weight excluding hydrogens is 280 g/mol. The van der Waals surface area contributed by atoms with Gasteiger partial charge in [-0.1, -0.05) is 79.1 Å². The van der Waals surface area contributed by atoms with Crippen LogP contribution in [0.15, 0.2) is 79.6 Å². The SMILES string of the molecule is C=COc1ccc2ccccc2c1C#CC(C)c1ccccc1. The fraction of sp³-hybridized carbons (Fsp3) is 0.0909. The summed E-state index contributed by atoms with van der Waals surface area (Å²) >= 11 is 0. The summed E-state index contributed by atoms with van der Waals surface area (Å²) in [5.74, 6) is 7.56. The summed E-state index contributed by atoms with van der Waals surface area (Å²) in [6, 6.07) is 22.5. The molecule has 0 saturated heterocycles. The van der Waals surface area contributed by atoms with Gasteiger partial charge in [-0.3, -0.25) is 0 Å². The Labute approximate surface area is 137 Å². The average molecular weight is 298 g/mol. The monoisotopic (exact) mass is 298 g/mol. The average Bonchev–Trinajstić information content (AvgIpc) is 2.61. The van der Waals surface area contributed by atoms with Gasteiger partial charge in [0.05, 0.1) is 11.8 Å². The molecule has 1 unspecified atom stereocenters. The molecule has 0 aliphatic rings. The van der Waals surface area contributed by atoms with Crippen molar-refractivity contribution in [2.45, 2.75) is 12.8 Å². The fourth-order valence-corrected chi connectivity index (χ4v) is 2.57. The molecule has 0 bridgehead atoms. The fourth-order valence-electron chi connectivity index (χ4n) is 2.57. The van der Waals surface area contributed by atoms with E-state index in [4.69, 9.17) is 4.74 Å². The van der Waals surface area contributed by atoms with Gasteiger partial charge in [-0.2, -0.15) is 0 Å². The normalized spacial score (nSPS) is 11.3. The zero-order valence-corrected chi connectivity index (χ0v) is 13.1. The van der Waals surface area contributed by atoms with Crippen molar-refractivity contribution >= 4 is 10.8 Å². The van der Waals surface area contributed by atoms with E-state index in [1.165, 1.54) is 11.8 Å². The molecule has 0 saturated carbocycles. The summed E-state index contributed by atoms with van der Waals surface area (Å²) in [5.41, 5.74) is 2.12. The lowest BCUT2D eigenvalue weighted by atomic mass is 9.99. The van der Waals surface area contributed by atoms with E-state index in [2.05, 4.69) is 49.6 Å². The molecule has 0 N–H and O–H groups in total. The maximum atomic E-state index is 5.54. The second-order valence-corrected chi connectivity index (χ2v) is 5.35. The van der Waals surface area contributed by atoms with Crippen molar-refractivity contribution in [1.29, 1.82) is 0 Å². The van der Waals surface area contributed by atoms with Gasteiger partial charge in [-0.25, -0.2) is 0 Å². The number of fused-ring (bicyclic) bond motifs is 1. The molecule has 0 aliphatic heterocycles. The summed E-state index contributed by atoms with van der Waals surface area (Å²) in [5, 5.41) is 2.25. The van der Waals surface area contributed by atoms with Gasteiger partial charge in [0.25, 0.3) is 0 Å². The van der Waals surface area contributed by atoms with Gasteiger partial charge in [0, 0.05) is 11.3 Å². The van der Waals surface area contributed by atoms with Crippen molar-refractivity contribution in [1.82, 2.24) is 0 Å². The third kappa shape index (κ3) is 3.27. The maximum Gasteiger partial charge on any atom is 0.142 e. The van der Waals surface area contributed by atoms with E-state index in [0.717, 1.165) is 22.1 Å². The van der Waals surface area contributed by atoms with Crippen molar-refractivity contribution in [3.05, 3.63) is 90.7 Å². The Bertz CT molecular complexity index is 882. The Morgan fingerprint density at radius 1 is 0.957 bits per heavy atom. The highest BCUT2D eigenvalue weighted by Crippen LogP contribution is 2.28. The molecule has 0 amide bonds. The van der Waals surface area contributed by atoms with E-state index in [0.29, 0.717) is 0 Å². The first-order valence-corrected chi connectivity index (χ1v) is 7.65. The number of rotatable bonds is 3. The van der Waals surface area contributed by atoms with Crippen LogP contribution in [-0.4, -0.2) is 0 Å². The highest BCUT2D eigenvalue weighted by Gasteiger charge is 2.07. The first kappa shape index (κ1) is 14.9. The van der Waals surface area contributed by atoms with Crippen LogP contribution in [0.1, 0.15) is 24.0 Å². The van der Waals surface area contributed by atoms with E-state index < -0.39 is 0 Å². The van der Waals surface area contributed by atoms with E-state index in [1.807, 2.05) is 42.5 Å². The molecule has 0 radical (unpaired) electrons. The lowest BCUT2D eigenvalue weighted by Gasteiger charge is -2.08. The van der Waals surface area contributed by atoms with Crippen LogP contribution >= 0.6 is 0 Å². The van der Waals surface area contributed by atoms with E-state index in [9.17, 15) is 0 Å². The first-order valence-electron chi connectivity index (χ1n) is 7.65. The van der Waals surface area contributed by atoms with Crippen LogP contribution in [0, 0.1) is 11.8 Å². The summed E-state index contributed by atoms with van der Waals surface area (Å²) < 4.78 is 5.54. The Morgan fingerprint density at radius 2 is 1.70 bits per heavy atom. The molecule has 3 rings (SSSR count). The molecular formula is C22H18O. The van der Waals surface area contributed by atoms with Crippen molar-refractivity contribution in [2.24, 2.45) is 0 Å². The van der Waals surface area contributed by atoms with Crippen LogP contribution in [0.2, 0.25) is 0 Å². The molecule has 0 spiro atoms. The standard InChI is InChI=1S/C22H18O/c1-3-23-22-16-14-19-11-7-8-12-20(19)21(22)15-13-17(2)18-9-5-4-6-10-18/h3-12,14,16-17H,1H2,2H3. The Balaban J connectivity index is 2.07. The Kier molecular flexibility index (Phi) is 4.45. The van der Waals surface area contributed by atoms with E-state index in [1.54, 1.807) is 0 Å². The summed E-state index contributed by atoms with van der Waals surface area (Å²) in [7, 11) is 0. The van der Waals surface area contributed by atoms with Crippen LogP contribution < -0.4 is 4.74 Å². The van der Waals surface area contributed by atoms with Crippen LogP contribution in [0.4, 0.5) is 0 Å². The van der Waals surface area contributed by atoms with Crippen molar-refractivity contribution in [3.8, 4) is 17.6 Å². The summed E-state index contributed by atoms with van der Waals surface area (Å²) in [4.78, 5) is 0. The van der Waals surface area contributed by atoms with Crippen LogP contribution in [0.25, 0.3) is 10.8 Å². The Hall–Kier alpha value is -2.98. The highest BCUT2D eigenvalue weighted by molar-refractivity contribution is 5.90. The maximum absolute atomic E-state index is 5.54. The summed E-state index contributed by atoms with van der Waals surface area (Å²) in [6.45, 7) is 5.76. The second-order valence-electron chi connectivity index (χ2n) is 5.35. The van der Waals surface area contributed by atoms with Crippen LogP contribution in [0.5, 0.6) is 5.75 Å². The van der Waals surface area contributed by atoms with Crippen molar-refractivity contribution in [3.63, 3.8) is 0 Å². The molecule has 23 heavy (non-hydrogen) atoms. The lowest BCUT2D eigenvalue weighted by Crippen LogP contribution is -1.91. The van der Waals surface area contributed by atoms with Gasteiger partial charge < -0.3 is 4.74 Å². The smallest absolute Gasteiger partial charge is 0.142 e. The molecule has 0 aliphatic carbocycles. The molecule has 0 aromatic heterocycles. The third-order valence-electron chi connectivity index (χ3n) is 3.81. The minimum atomic E-state index is 0.159. The first-order chi connectivity index (χ1) is 11.3. The van der Waals surface area contributed by atoms with Gasteiger partial charge in [0.1, 0.15) is 5.75 Å². The molecule has 3 aromatic carbocycles. The third-order valence-corrected chi connectivity index (χ3v) is 3.81. The quantitative estimate of drug-likeness (QED) is 0.457. The molecule has 1 heteroatoms. The molecule has 1 nitrogen and oxygen atoms in total. The van der Waals surface area contributed by atoms with Gasteiger partial charge in [-0.15, -0.1) is 0 Å². The lowest BCUT2D eigenvalue weighted by molar-refractivity contribution is 0.483. The van der Waals surface area contributed by atoms with Crippen LogP contribution in [0.3, 0.4) is 0 Å². The minimum absolute atomic E-state index is 0.159. The number of benzene rings is 3. The molecule has 1 atom stereocenters. The largest absolute Gasteiger partial charge is 0.464 e. The highest BCUT2D eigenvalue weighted by atomic mass is 16.5. The van der Waals surface area contributed by atoms with E-state index >= 15 is 0 Å². The zero-order valence-electron chi connectivity index (χ0n) is 13.1. The molecule has 3 aromatic rings. The predicted molar refractivity (Wildman–Crippen MR) is 96.5 cm³/mol. The zero-order chi connectivity index (χ0) is 16.1. The van der Waals surface area contributed by atoms with Gasteiger partial charge in [0.15, 0.2) is 0 Å². The molecule has 0 fully saturated rings. The van der Waals surface area contributed by atoms with Crippen molar-refractivity contribution < 1.29 is 4.74 Å². The van der Waals surface area contributed by atoms with Gasteiger partial charge in [0.2, 0.25) is 0 Å². The number of hydrogen-bond donors (Lipinski definition) is 0. The number of ether oxygens (including phenoxy) is 1. The van der Waals surface area contributed by atoms with E-state index in [-0.39, 0.29) is 5.92 Å². The Morgan fingerprint density at radius 3 is 2.48 bits per heavy atom. The topological polar surface area (TPSA) is 9.23 Å². The van der Waals surface area contributed by atoms with Gasteiger partial charge >= 0.3 is 0 Å². The van der Waals surface area contributed by atoms with Crippen molar-refractivity contribution in [2.75, 3.05) is 0 Å². The van der Waals surface area contributed by atoms with Crippen LogP contribution in [-0.2, 0) is 0 Å². The summed E-state index contributed by atoms with van der Waals surface area (Å²) in [6.07, 6.45) is 1.44.